The van der Waals surface area contributed by atoms with E-state index < -0.39 is 32.2 Å². The number of hydrogen-bond acceptors (Lipinski definition) is 7. The molecule has 9 heteroatoms. The Labute approximate surface area is 195 Å². The van der Waals surface area contributed by atoms with Crippen LogP contribution in [0.15, 0.2) is 0 Å². The van der Waals surface area contributed by atoms with E-state index in [1.807, 2.05) is 0 Å². The van der Waals surface area contributed by atoms with Gasteiger partial charge in [0, 0.05) is 12.8 Å². The van der Waals surface area contributed by atoms with Crippen LogP contribution >= 0.6 is 0 Å². The van der Waals surface area contributed by atoms with E-state index in [-0.39, 0.29) is 36.4 Å². The lowest BCUT2D eigenvalue weighted by atomic mass is 10.0. The maximum Gasteiger partial charge on any atom is 0.407 e. The molecule has 2 atom stereocenters. The fourth-order valence-corrected chi connectivity index (χ4v) is 4.10. The van der Waals surface area contributed by atoms with Gasteiger partial charge in [0.25, 0.3) is 0 Å². The van der Waals surface area contributed by atoms with E-state index in [9.17, 15) is 14.4 Å². The van der Waals surface area contributed by atoms with Crippen molar-refractivity contribution in [3.05, 3.63) is 0 Å². The van der Waals surface area contributed by atoms with Crippen LogP contribution in [-0.4, -0.2) is 57.3 Å². The molecule has 0 saturated heterocycles. The van der Waals surface area contributed by atoms with Crippen molar-refractivity contribution in [2.45, 2.75) is 117 Å². The lowest BCUT2D eigenvalue weighted by Gasteiger charge is -2.41. The minimum atomic E-state index is -2.25. The number of carbonyl (C=O) groups excluding carboxylic acids is 3. The smallest absolute Gasteiger partial charge is 0.407 e. The third-order valence-corrected chi connectivity index (χ3v) is 9.81. The Bertz CT molecular complexity index is 608. The minimum Gasteiger partial charge on any atom is -0.466 e. The maximum atomic E-state index is 12.6. The topological polar surface area (TPSA) is 100 Å². The van der Waals surface area contributed by atoms with E-state index in [1.165, 1.54) is 0 Å². The molecule has 0 aliphatic carbocycles. The summed E-state index contributed by atoms with van der Waals surface area (Å²) < 4.78 is 22.2. The Morgan fingerprint density at radius 1 is 0.844 bits per heavy atom. The molecular weight excluding hydrogens is 430 g/mol. The zero-order chi connectivity index (χ0) is 25.2. The van der Waals surface area contributed by atoms with E-state index in [2.05, 4.69) is 39.2 Å². The zero-order valence-electron chi connectivity index (χ0n) is 21.8. The summed E-state index contributed by atoms with van der Waals surface area (Å²) in [5.74, 6) is -0.669. The molecule has 0 aromatic heterocycles. The van der Waals surface area contributed by atoms with Crippen LogP contribution in [-0.2, 0) is 28.2 Å². The molecule has 1 amide bonds. The van der Waals surface area contributed by atoms with E-state index in [0.29, 0.717) is 19.4 Å². The molecule has 32 heavy (non-hydrogen) atoms. The quantitative estimate of drug-likeness (QED) is 0.242. The van der Waals surface area contributed by atoms with Crippen molar-refractivity contribution >= 4 is 26.3 Å². The number of carbonyl (C=O) groups is 3. The molecule has 0 spiro atoms. The monoisotopic (exact) mass is 475 g/mol. The van der Waals surface area contributed by atoms with Gasteiger partial charge in [-0.05, 0) is 65.6 Å². The third-order valence-electron chi connectivity index (χ3n) is 5.31. The highest BCUT2D eigenvalue weighted by atomic mass is 28.4. The number of rotatable bonds is 12. The van der Waals surface area contributed by atoms with Gasteiger partial charge in [-0.2, -0.15) is 0 Å². The SMILES string of the molecule is CCOC(=O)CC[C@H](NC(=O)OC(C)(C)C)[C@@H](CCC(=O)OCC)O[Si](C)(C)C(C)(C)C. The highest BCUT2D eigenvalue weighted by molar-refractivity contribution is 6.74. The molecule has 0 aliphatic heterocycles. The summed E-state index contributed by atoms with van der Waals surface area (Å²) in [6.45, 7) is 20.0. The van der Waals surface area contributed by atoms with Gasteiger partial charge in [0.1, 0.15) is 5.60 Å². The summed E-state index contributed by atoms with van der Waals surface area (Å²) in [6.07, 6.45) is -0.146. The summed E-state index contributed by atoms with van der Waals surface area (Å²) in [5, 5.41) is 2.80. The lowest BCUT2D eigenvalue weighted by molar-refractivity contribution is -0.145. The summed E-state index contributed by atoms with van der Waals surface area (Å²) >= 11 is 0. The molecule has 188 valence electrons. The fraction of sp³-hybridized carbons (Fsp3) is 0.870. The molecule has 0 radical (unpaired) electrons. The van der Waals surface area contributed by atoms with E-state index >= 15 is 0 Å². The van der Waals surface area contributed by atoms with E-state index in [0.717, 1.165) is 0 Å². The van der Waals surface area contributed by atoms with Crippen molar-refractivity contribution in [1.82, 2.24) is 5.32 Å². The molecule has 0 heterocycles. The number of esters is 2. The second kappa shape index (κ2) is 13.2. The Balaban J connectivity index is 5.77. The molecule has 0 aromatic carbocycles. The first kappa shape index (κ1) is 30.4. The second-order valence-electron chi connectivity index (χ2n) is 10.4. The van der Waals surface area contributed by atoms with Crippen LogP contribution in [0, 0.1) is 0 Å². The lowest BCUT2D eigenvalue weighted by Crippen LogP contribution is -2.52. The number of amides is 1. The molecule has 0 saturated carbocycles. The highest BCUT2D eigenvalue weighted by Gasteiger charge is 2.41. The van der Waals surface area contributed by atoms with Gasteiger partial charge in [0.15, 0.2) is 8.32 Å². The normalized spacial score (nSPS) is 14.3. The summed E-state index contributed by atoms with van der Waals surface area (Å²) in [4.78, 5) is 36.6. The first-order valence-electron chi connectivity index (χ1n) is 11.5. The third kappa shape index (κ3) is 12.4. The van der Waals surface area contributed by atoms with Crippen molar-refractivity contribution in [3.63, 3.8) is 0 Å². The van der Waals surface area contributed by atoms with Gasteiger partial charge in [-0.15, -0.1) is 0 Å². The fourth-order valence-electron chi connectivity index (χ4n) is 2.71. The Morgan fingerprint density at radius 3 is 1.72 bits per heavy atom. The molecular formula is C23H45NO7Si. The van der Waals surface area contributed by atoms with Crippen LogP contribution in [0.3, 0.4) is 0 Å². The van der Waals surface area contributed by atoms with E-state index in [4.69, 9.17) is 18.6 Å². The standard InChI is InChI=1S/C23H45NO7Si/c1-11-28-19(25)15-13-17(24-21(27)30-22(3,4)5)18(14-16-20(26)29-12-2)31-32(9,10)23(6,7)8/h17-18H,11-16H2,1-10H3,(H,24,27)/t17-,18+/m0/s1. The summed E-state index contributed by atoms with van der Waals surface area (Å²) in [5.41, 5.74) is -0.670. The van der Waals surface area contributed by atoms with Crippen molar-refractivity contribution in [3.8, 4) is 0 Å². The predicted octanol–water partition coefficient (Wildman–Crippen LogP) is 4.96. The van der Waals surface area contributed by atoms with Gasteiger partial charge in [-0.1, -0.05) is 20.8 Å². The average molecular weight is 476 g/mol. The van der Waals surface area contributed by atoms with Gasteiger partial charge in [-0.3, -0.25) is 9.59 Å². The number of ether oxygens (including phenoxy) is 3. The maximum absolute atomic E-state index is 12.6. The minimum absolute atomic E-state index is 0.0766. The van der Waals surface area contributed by atoms with E-state index in [1.54, 1.807) is 34.6 Å². The van der Waals surface area contributed by atoms with Crippen LogP contribution in [0.1, 0.15) is 81.1 Å². The Morgan fingerprint density at radius 2 is 1.31 bits per heavy atom. The van der Waals surface area contributed by atoms with Crippen molar-refractivity contribution in [2.75, 3.05) is 13.2 Å². The first-order valence-corrected chi connectivity index (χ1v) is 14.4. The zero-order valence-corrected chi connectivity index (χ0v) is 22.8. The van der Waals surface area contributed by atoms with Gasteiger partial charge in [0.2, 0.25) is 0 Å². The number of alkyl carbamates (subject to hydrolysis) is 1. The van der Waals surface area contributed by atoms with Gasteiger partial charge in [0.05, 0.1) is 25.4 Å². The largest absolute Gasteiger partial charge is 0.466 e. The molecule has 0 aliphatic rings. The van der Waals surface area contributed by atoms with Gasteiger partial charge < -0.3 is 24.0 Å². The number of hydrogen-bond donors (Lipinski definition) is 1. The van der Waals surface area contributed by atoms with Crippen LogP contribution in [0.5, 0.6) is 0 Å². The highest BCUT2D eigenvalue weighted by Crippen LogP contribution is 2.38. The van der Waals surface area contributed by atoms with Crippen LogP contribution in [0.2, 0.25) is 18.1 Å². The molecule has 0 fully saturated rings. The Kier molecular flexibility index (Phi) is 12.5. The molecule has 0 unspecified atom stereocenters. The average Bonchev–Trinajstić information content (AvgIpc) is 2.60. The van der Waals surface area contributed by atoms with Crippen LogP contribution < -0.4 is 5.32 Å². The van der Waals surface area contributed by atoms with Crippen molar-refractivity contribution in [2.24, 2.45) is 0 Å². The molecule has 8 nitrogen and oxygen atoms in total. The first-order chi connectivity index (χ1) is 14.5. The Hall–Kier alpha value is -1.61. The van der Waals surface area contributed by atoms with Crippen LogP contribution in [0.25, 0.3) is 0 Å². The number of nitrogens with one attached hydrogen (secondary N) is 1. The molecule has 0 bridgehead atoms. The van der Waals surface area contributed by atoms with Gasteiger partial charge in [-0.25, -0.2) is 4.79 Å². The van der Waals surface area contributed by atoms with Crippen molar-refractivity contribution in [1.29, 1.82) is 0 Å². The van der Waals surface area contributed by atoms with Gasteiger partial charge >= 0.3 is 18.0 Å². The van der Waals surface area contributed by atoms with Crippen molar-refractivity contribution < 1.29 is 33.0 Å². The predicted molar refractivity (Wildman–Crippen MR) is 127 cm³/mol. The molecule has 0 aromatic rings. The second-order valence-corrected chi connectivity index (χ2v) is 15.1. The van der Waals surface area contributed by atoms with Crippen LogP contribution in [0.4, 0.5) is 4.79 Å². The molecule has 0 rings (SSSR count). The summed E-state index contributed by atoms with van der Waals surface area (Å²) in [6, 6.07) is -0.530. The summed E-state index contributed by atoms with van der Waals surface area (Å²) in [7, 11) is -2.25. The molecule has 1 N–H and O–H groups in total.